The molecule has 0 bridgehead atoms. The number of aromatic carboxylic acids is 1. The lowest BCUT2D eigenvalue weighted by molar-refractivity contribution is -0.117. The summed E-state index contributed by atoms with van der Waals surface area (Å²) in [6, 6.07) is 21.7. The third-order valence-electron chi connectivity index (χ3n) is 7.38. The van der Waals surface area contributed by atoms with Gasteiger partial charge in [0.15, 0.2) is 0 Å². The number of carboxylic acid groups (broad SMARTS) is 1. The molecule has 37 heavy (non-hydrogen) atoms. The van der Waals surface area contributed by atoms with Gasteiger partial charge in [-0.3, -0.25) is 4.79 Å². The summed E-state index contributed by atoms with van der Waals surface area (Å²) < 4.78 is 5.54. The van der Waals surface area contributed by atoms with Crippen molar-refractivity contribution in [3.05, 3.63) is 89.5 Å². The number of anilines is 1. The molecule has 0 aromatic heterocycles. The standard InChI is InChI=1S/C30H30N2O5/c1-18-27(31-30(36)37-17-20-6-4-3-5-7-20)25-16-24(21-8-12-23(13-9-21)29(34)35)14-15-26(25)32(19(2)33)28(18)22-10-11-22/h3-9,12-16,18,22,27-28H,10-11,17H2,1-2H3,(H,31,36)(H,34,35)/t18-,27?,28-/m1/s1. The summed E-state index contributed by atoms with van der Waals surface area (Å²) in [6.45, 7) is 3.84. The van der Waals surface area contributed by atoms with E-state index < -0.39 is 12.1 Å². The number of carboxylic acids is 1. The fourth-order valence-electron chi connectivity index (χ4n) is 5.44. The second kappa shape index (κ2) is 10.1. The van der Waals surface area contributed by atoms with Crippen molar-refractivity contribution in [1.29, 1.82) is 0 Å². The van der Waals surface area contributed by atoms with E-state index in [-0.39, 0.29) is 36.1 Å². The minimum absolute atomic E-state index is 0.00914. The van der Waals surface area contributed by atoms with Gasteiger partial charge >= 0.3 is 12.1 Å². The van der Waals surface area contributed by atoms with Gasteiger partial charge in [-0.1, -0.05) is 55.5 Å². The molecular formula is C30H30N2O5. The first-order valence-electron chi connectivity index (χ1n) is 12.6. The molecule has 3 atom stereocenters. The number of carbonyl (C=O) groups is 3. The first kappa shape index (κ1) is 24.6. The quantitative estimate of drug-likeness (QED) is 0.448. The van der Waals surface area contributed by atoms with Gasteiger partial charge < -0.3 is 20.1 Å². The lowest BCUT2D eigenvalue weighted by Gasteiger charge is -2.45. The molecule has 0 spiro atoms. The van der Waals surface area contributed by atoms with Gasteiger partial charge in [-0.05, 0) is 65.3 Å². The third kappa shape index (κ3) is 5.07. The van der Waals surface area contributed by atoms with Gasteiger partial charge in [-0.25, -0.2) is 9.59 Å². The van der Waals surface area contributed by atoms with Crippen molar-refractivity contribution in [2.24, 2.45) is 11.8 Å². The summed E-state index contributed by atoms with van der Waals surface area (Å²) in [5.41, 5.74) is 4.48. The molecule has 2 N–H and O–H groups in total. The smallest absolute Gasteiger partial charge is 0.407 e. The van der Waals surface area contributed by atoms with Crippen molar-refractivity contribution < 1.29 is 24.2 Å². The van der Waals surface area contributed by atoms with E-state index in [2.05, 4.69) is 12.2 Å². The first-order chi connectivity index (χ1) is 17.8. The maximum atomic E-state index is 12.9. The van der Waals surface area contributed by atoms with Crippen LogP contribution in [-0.2, 0) is 16.1 Å². The molecule has 3 aromatic rings. The van der Waals surface area contributed by atoms with E-state index in [1.165, 1.54) is 0 Å². The Labute approximate surface area is 216 Å². The number of hydrogen-bond acceptors (Lipinski definition) is 4. The van der Waals surface area contributed by atoms with E-state index in [0.717, 1.165) is 40.8 Å². The molecule has 1 fully saturated rings. The summed E-state index contributed by atoms with van der Waals surface area (Å²) >= 11 is 0. The number of nitrogens with zero attached hydrogens (tertiary/aromatic N) is 1. The Bertz CT molecular complexity index is 1320. The topological polar surface area (TPSA) is 95.9 Å². The molecule has 2 aliphatic rings. The van der Waals surface area contributed by atoms with Crippen LogP contribution in [-0.4, -0.2) is 29.1 Å². The Morgan fingerprint density at radius 2 is 1.65 bits per heavy atom. The maximum absolute atomic E-state index is 12.9. The van der Waals surface area contributed by atoms with E-state index in [1.54, 1.807) is 31.2 Å². The van der Waals surface area contributed by atoms with Crippen molar-refractivity contribution in [2.75, 3.05) is 4.90 Å². The van der Waals surface area contributed by atoms with Crippen LogP contribution in [0.3, 0.4) is 0 Å². The van der Waals surface area contributed by atoms with Crippen LogP contribution < -0.4 is 10.2 Å². The average molecular weight is 499 g/mol. The van der Waals surface area contributed by atoms with E-state index in [4.69, 9.17) is 4.74 Å². The summed E-state index contributed by atoms with van der Waals surface area (Å²) in [5.74, 6) is -0.626. The molecule has 0 radical (unpaired) electrons. The molecule has 0 saturated heterocycles. The number of nitrogens with one attached hydrogen (secondary N) is 1. The van der Waals surface area contributed by atoms with Crippen molar-refractivity contribution in [2.45, 2.75) is 45.4 Å². The molecule has 5 rings (SSSR count). The van der Waals surface area contributed by atoms with E-state index in [1.807, 2.05) is 53.4 Å². The number of benzene rings is 3. The van der Waals surface area contributed by atoms with Gasteiger partial charge in [0.1, 0.15) is 6.61 Å². The van der Waals surface area contributed by atoms with Crippen LogP contribution in [0.25, 0.3) is 11.1 Å². The number of fused-ring (bicyclic) bond motifs is 1. The Morgan fingerprint density at radius 3 is 2.27 bits per heavy atom. The van der Waals surface area contributed by atoms with Crippen molar-refractivity contribution in [3.63, 3.8) is 0 Å². The number of rotatable bonds is 6. The molecule has 7 heteroatoms. The van der Waals surface area contributed by atoms with Crippen LogP contribution in [0, 0.1) is 11.8 Å². The second-order valence-electron chi connectivity index (χ2n) is 9.92. The molecule has 2 amide bonds. The lowest BCUT2D eigenvalue weighted by atomic mass is 9.79. The Hall–Kier alpha value is -4.13. The predicted octanol–water partition coefficient (Wildman–Crippen LogP) is 5.80. The highest BCUT2D eigenvalue weighted by Gasteiger charge is 2.48. The molecule has 1 aliphatic carbocycles. The Morgan fingerprint density at radius 1 is 0.973 bits per heavy atom. The van der Waals surface area contributed by atoms with Gasteiger partial charge in [0, 0.05) is 24.6 Å². The first-order valence-corrected chi connectivity index (χ1v) is 12.6. The molecule has 3 aromatic carbocycles. The molecule has 1 aliphatic heterocycles. The SMILES string of the molecule is CC(=O)N1c2ccc(-c3ccc(C(=O)O)cc3)cc2C(NC(=O)OCc2ccccc2)[C@@H](C)[C@@H]1C1CC1. The highest BCUT2D eigenvalue weighted by atomic mass is 16.5. The summed E-state index contributed by atoms with van der Waals surface area (Å²) in [5, 5.41) is 12.3. The zero-order chi connectivity index (χ0) is 26.1. The molecule has 1 unspecified atom stereocenters. The largest absolute Gasteiger partial charge is 0.478 e. The number of hydrogen-bond donors (Lipinski definition) is 2. The predicted molar refractivity (Wildman–Crippen MR) is 140 cm³/mol. The van der Waals surface area contributed by atoms with E-state index in [9.17, 15) is 19.5 Å². The Kier molecular flexibility index (Phi) is 6.70. The van der Waals surface area contributed by atoms with Gasteiger partial charge in [-0.15, -0.1) is 0 Å². The highest BCUT2D eigenvalue weighted by Crippen LogP contribution is 2.49. The fraction of sp³-hybridized carbons (Fsp3) is 0.300. The number of carbonyl (C=O) groups excluding carboxylic acids is 2. The van der Waals surface area contributed by atoms with Gasteiger partial charge in [0.2, 0.25) is 5.91 Å². The van der Waals surface area contributed by atoms with Gasteiger partial charge in [0.25, 0.3) is 0 Å². The summed E-state index contributed by atoms with van der Waals surface area (Å²) in [4.78, 5) is 38.9. The van der Waals surface area contributed by atoms with Crippen LogP contribution in [0.5, 0.6) is 0 Å². The van der Waals surface area contributed by atoms with Crippen LogP contribution in [0.15, 0.2) is 72.8 Å². The van der Waals surface area contributed by atoms with E-state index in [0.29, 0.717) is 5.92 Å². The minimum Gasteiger partial charge on any atom is -0.478 e. The van der Waals surface area contributed by atoms with Crippen LogP contribution in [0.4, 0.5) is 10.5 Å². The van der Waals surface area contributed by atoms with Gasteiger partial charge in [-0.2, -0.15) is 0 Å². The second-order valence-corrected chi connectivity index (χ2v) is 9.92. The van der Waals surface area contributed by atoms with Crippen molar-refractivity contribution in [1.82, 2.24) is 5.32 Å². The van der Waals surface area contributed by atoms with Crippen molar-refractivity contribution >= 4 is 23.7 Å². The van der Waals surface area contributed by atoms with Crippen LogP contribution in [0.2, 0.25) is 0 Å². The number of amides is 2. The summed E-state index contributed by atoms with van der Waals surface area (Å²) in [6.07, 6.45) is 1.62. The lowest BCUT2D eigenvalue weighted by Crippen LogP contribution is -2.53. The maximum Gasteiger partial charge on any atom is 0.407 e. The minimum atomic E-state index is -0.979. The molecule has 1 saturated carbocycles. The molecule has 190 valence electrons. The third-order valence-corrected chi connectivity index (χ3v) is 7.38. The zero-order valence-electron chi connectivity index (χ0n) is 20.9. The summed E-state index contributed by atoms with van der Waals surface area (Å²) in [7, 11) is 0. The normalized spacial score (nSPS) is 20.6. The number of ether oxygens (including phenoxy) is 1. The molecule has 1 heterocycles. The van der Waals surface area contributed by atoms with Crippen LogP contribution >= 0.6 is 0 Å². The van der Waals surface area contributed by atoms with Gasteiger partial charge in [0.05, 0.1) is 11.6 Å². The number of alkyl carbamates (subject to hydrolysis) is 1. The fourth-order valence-corrected chi connectivity index (χ4v) is 5.44. The average Bonchev–Trinajstić information content (AvgIpc) is 3.74. The van der Waals surface area contributed by atoms with E-state index >= 15 is 0 Å². The van der Waals surface area contributed by atoms with Crippen LogP contribution in [0.1, 0.15) is 54.2 Å². The molecular weight excluding hydrogens is 468 g/mol. The Balaban J connectivity index is 1.49. The zero-order valence-corrected chi connectivity index (χ0v) is 20.9. The monoisotopic (exact) mass is 498 g/mol. The molecule has 7 nitrogen and oxygen atoms in total. The highest BCUT2D eigenvalue weighted by molar-refractivity contribution is 5.95. The van der Waals surface area contributed by atoms with Crippen molar-refractivity contribution in [3.8, 4) is 11.1 Å².